The van der Waals surface area contributed by atoms with Gasteiger partial charge in [0.05, 0.1) is 0 Å². The minimum atomic E-state index is -4.38. The van der Waals surface area contributed by atoms with Crippen molar-refractivity contribution in [2.75, 3.05) is 0 Å². The third kappa shape index (κ3) is 8.05. The van der Waals surface area contributed by atoms with Gasteiger partial charge in [-0.1, -0.05) is 0 Å². The molecule has 0 heterocycles. The van der Waals surface area contributed by atoms with E-state index in [-0.39, 0.29) is 4.08 Å². The fourth-order valence-electron chi connectivity index (χ4n) is 0.294. The first kappa shape index (κ1) is 11.1. The zero-order valence-electron chi connectivity index (χ0n) is 5.51. The molecule has 0 aromatic carbocycles. The summed E-state index contributed by atoms with van der Waals surface area (Å²) in [6.07, 6.45) is 4.41. The summed E-state index contributed by atoms with van der Waals surface area (Å²) < 4.78 is 14.6. The minimum absolute atomic E-state index is 0.161. The van der Waals surface area contributed by atoms with Crippen LogP contribution in [-0.2, 0) is 28.4 Å². The van der Waals surface area contributed by atoms with E-state index in [9.17, 15) is 4.57 Å². The summed E-state index contributed by atoms with van der Waals surface area (Å²) in [4.78, 5) is 16.6. The summed E-state index contributed by atoms with van der Waals surface area (Å²) in [5.41, 5.74) is 0. The summed E-state index contributed by atoms with van der Waals surface area (Å²) in [6.45, 7) is 3.38. The van der Waals surface area contributed by atoms with Crippen molar-refractivity contribution in [2.45, 2.75) is 0 Å². The van der Waals surface area contributed by atoms with Crippen LogP contribution in [0.2, 0.25) is 0 Å². The zero-order valence-corrected chi connectivity index (χ0v) is 8.41. The van der Waals surface area contributed by atoms with E-state index < -0.39 is 7.82 Å². The van der Waals surface area contributed by atoms with E-state index in [2.05, 4.69) is 11.1 Å². The van der Waals surface area contributed by atoms with Gasteiger partial charge in [-0.05, 0) is 0 Å². The van der Waals surface area contributed by atoms with Gasteiger partial charge in [0.25, 0.3) is 0 Å². The predicted octanol–water partition coefficient (Wildman–Crippen LogP) is 0.515. The van der Waals surface area contributed by atoms with Gasteiger partial charge < -0.3 is 0 Å². The second-order valence-electron chi connectivity index (χ2n) is 1.50. The first-order valence-electron chi connectivity index (χ1n) is 2.54. The normalized spacial score (nSPS) is 11.8. The number of phosphoric ester groups is 1. The third-order valence-electron chi connectivity index (χ3n) is 0.577. The molecule has 0 saturated heterocycles. The molecule has 0 saturated carbocycles. The monoisotopic (exact) mass is 260 g/mol. The van der Waals surface area contributed by atoms with Crippen molar-refractivity contribution in [3.63, 3.8) is 0 Å². The molecule has 0 aliphatic heterocycles. The Kier molecular flexibility index (Phi) is 4.98. The van der Waals surface area contributed by atoms with Crippen LogP contribution in [0.3, 0.4) is 0 Å². The van der Waals surface area contributed by atoms with Crippen molar-refractivity contribution < 1.29 is 38.2 Å². The molecule has 0 spiro atoms. The van der Waals surface area contributed by atoms with Gasteiger partial charge in [0, 0.05) is 0 Å². The van der Waals surface area contributed by atoms with Crippen molar-refractivity contribution in [3.05, 3.63) is 24.8 Å². The first-order chi connectivity index (χ1) is 4.95. The Morgan fingerprint density at radius 3 is 2.55 bits per heavy atom. The van der Waals surface area contributed by atoms with Gasteiger partial charge in [0.2, 0.25) is 0 Å². The summed E-state index contributed by atoms with van der Waals surface area (Å²) in [5.74, 6) is 0. The Balaban J connectivity index is 3.99. The van der Waals surface area contributed by atoms with E-state index in [0.717, 1.165) is 0 Å². The summed E-state index contributed by atoms with van der Waals surface area (Å²) in [6, 6.07) is 0. The molecule has 0 fully saturated rings. The topological polar surface area (TPSA) is 66.8 Å². The predicted molar refractivity (Wildman–Crippen MR) is 37.5 cm³/mol. The first-order valence-corrected chi connectivity index (χ1v) is 5.07. The van der Waals surface area contributed by atoms with Gasteiger partial charge in [0.1, 0.15) is 0 Å². The van der Waals surface area contributed by atoms with Crippen molar-refractivity contribution in [1.82, 2.24) is 0 Å². The van der Waals surface area contributed by atoms with Crippen molar-refractivity contribution in [1.29, 1.82) is 0 Å². The molecule has 0 aliphatic carbocycles. The number of hydrogen-bond acceptors (Lipinski definition) is 2. The van der Waals surface area contributed by atoms with Crippen LogP contribution >= 0.6 is 7.82 Å². The summed E-state index contributed by atoms with van der Waals surface area (Å²) >= 11 is 1.37. The molecule has 0 aliphatic rings. The Morgan fingerprint density at radius 1 is 1.64 bits per heavy atom. The Morgan fingerprint density at radius 2 is 2.18 bits per heavy atom. The molecule has 6 heteroatoms. The SMILES string of the molecule is C=C/C=C\[C](=[Mo])OP(=O)(O)O. The molecule has 0 bridgehead atoms. The standard InChI is InChI=1S/C5H7O4P.Mo/c1-2-3-4-5-9-10(6,7)8;/h2-4H,1H2,(H2,6,7,8);/b4-3-;. The van der Waals surface area contributed by atoms with E-state index in [1.165, 1.54) is 37.6 Å². The molecule has 0 aromatic rings. The Labute approximate surface area is 75.2 Å². The molecule has 2 N–H and O–H groups in total. The maximum absolute atomic E-state index is 10.2. The van der Waals surface area contributed by atoms with Crippen LogP contribution in [-0.4, -0.2) is 13.9 Å². The second-order valence-corrected chi connectivity index (χ2v) is 3.65. The molecule has 0 aromatic heterocycles. The number of allylic oxidation sites excluding steroid dienone is 2. The zero-order chi connectivity index (χ0) is 8.91. The number of phosphoric acid groups is 1. The molecule has 11 heavy (non-hydrogen) atoms. The Bertz CT molecular complexity index is 229. The average Bonchev–Trinajstić information content (AvgIpc) is 1.79. The van der Waals surface area contributed by atoms with Gasteiger partial charge in [-0.2, -0.15) is 0 Å². The molecule has 0 radical (unpaired) electrons. The van der Waals surface area contributed by atoms with Crippen molar-refractivity contribution in [3.8, 4) is 0 Å². The van der Waals surface area contributed by atoms with Crippen molar-refractivity contribution in [2.24, 2.45) is 0 Å². The van der Waals surface area contributed by atoms with E-state index >= 15 is 0 Å². The summed E-state index contributed by atoms with van der Waals surface area (Å²) in [7, 11) is -4.38. The van der Waals surface area contributed by atoms with Crippen LogP contribution in [0.15, 0.2) is 24.8 Å². The van der Waals surface area contributed by atoms with Crippen molar-refractivity contribution >= 4 is 11.9 Å². The molecule has 0 unspecified atom stereocenters. The van der Waals surface area contributed by atoms with Crippen LogP contribution in [0, 0.1) is 0 Å². The van der Waals surface area contributed by atoms with Gasteiger partial charge in [0.15, 0.2) is 0 Å². The van der Waals surface area contributed by atoms with E-state index in [0.29, 0.717) is 0 Å². The quantitative estimate of drug-likeness (QED) is 0.438. The number of rotatable bonds is 4. The van der Waals surface area contributed by atoms with E-state index in [1.807, 2.05) is 0 Å². The van der Waals surface area contributed by atoms with E-state index in [1.54, 1.807) is 0 Å². The second kappa shape index (κ2) is 4.91. The summed E-state index contributed by atoms with van der Waals surface area (Å²) in [5, 5.41) is 0. The molecule has 0 amide bonds. The van der Waals surface area contributed by atoms with Gasteiger partial charge in [-0.25, -0.2) is 0 Å². The van der Waals surface area contributed by atoms with Crippen LogP contribution < -0.4 is 0 Å². The average molecular weight is 258 g/mol. The molecular weight excluding hydrogens is 251 g/mol. The van der Waals surface area contributed by atoms with Crippen LogP contribution in [0.5, 0.6) is 0 Å². The molecule has 0 atom stereocenters. The maximum atomic E-state index is 10.2. The fraction of sp³-hybridized carbons (Fsp3) is 0. The molecule has 0 rings (SSSR count). The van der Waals surface area contributed by atoms with Gasteiger partial charge >= 0.3 is 74.9 Å². The van der Waals surface area contributed by atoms with Crippen LogP contribution in [0.25, 0.3) is 0 Å². The van der Waals surface area contributed by atoms with Crippen LogP contribution in [0.4, 0.5) is 0 Å². The van der Waals surface area contributed by atoms with Gasteiger partial charge in [-0.15, -0.1) is 0 Å². The third-order valence-corrected chi connectivity index (χ3v) is 1.88. The number of hydrogen-bond donors (Lipinski definition) is 2. The molecular formula is C5H7MoO4P. The van der Waals surface area contributed by atoms with E-state index in [4.69, 9.17) is 9.79 Å². The van der Waals surface area contributed by atoms with Crippen LogP contribution in [0.1, 0.15) is 0 Å². The molecule has 62 valence electrons. The fourth-order valence-corrected chi connectivity index (χ4v) is 1.50. The molecule has 4 nitrogen and oxygen atoms in total. The Hall–Kier alpha value is 0.148. The van der Waals surface area contributed by atoms with Gasteiger partial charge in [-0.3, -0.25) is 0 Å².